The number of ether oxygens (including phenoxy) is 2. The van der Waals surface area contributed by atoms with Crippen molar-refractivity contribution >= 4 is 33.2 Å². The van der Waals surface area contributed by atoms with Gasteiger partial charge in [-0.1, -0.05) is 35.0 Å². The van der Waals surface area contributed by atoms with E-state index in [0.717, 1.165) is 66.4 Å². The molecule has 2 unspecified atom stereocenters. The van der Waals surface area contributed by atoms with Gasteiger partial charge in [0.1, 0.15) is 11.5 Å². The van der Waals surface area contributed by atoms with E-state index in [4.69, 9.17) is 25.6 Å². The standard InChI is InChI=1S/C36H42ClN3O6S/c1-23-30(24(2)46-38-23)20-44-33-8-4-3-5-16-47(42,43)39-35(41)26-10-14-34-32(18-26)40(19-27-9-12-29(27)33)21-36(22-45-34)15-6-7-25-17-28(37)11-13-31(25)36/h4,8,10-11,13-14,17-18,27,29,33H,3,5-7,9,12,15-16,19-22H2,1-2H3,(H,39,41)/b8-4+/t27-,29?,33+,36?/m0/s1. The fourth-order valence-corrected chi connectivity index (χ4v) is 9.12. The van der Waals surface area contributed by atoms with Gasteiger partial charge in [0.05, 0.1) is 36.5 Å². The van der Waals surface area contributed by atoms with Crippen molar-refractivity contribution in [2.45, 2.75) is 76.9 Å². The largest absolute Gasteiger partial charge is 0.490 e. The molecule has 3 heterocycles. The molecule has 9 nitrogen and oxygen atoms in total. The number of halogens is 1. The van der Waals surface area contributed by atoms with Crippen molar-refractivity contribution in [1.29, 1.82) is 0 Å². The molecule has 3 aromatic rings. The number of carbonyl (C=O) groups excluding carboxylic acids is 1. The summed E-state index contributed by atoms with van der Waals surface area (Å²) in [4.78, 5) is 15.7. The predicted molar refractivity (Wildman–Crippen MR) is 181 cm³/mol. The van der Waals surface area contributed by atoms with Crippen LogP contribution in [0, 0.1) is 25.7 Å². The third-order valence-corrected chi connectivity index (χ3v) is 12.2. The molecule has 47 heavy (non-hydrogen) atoms. The van der Waals surface area contributed by atoms with Crippen LogP contribution in [0.25, 0.3) is 0 Å². The van der Waals surface area contributed by atoms with E-state index >= 15 is 0 Å². The van der Waals surface area contributed by atoms with Gasteiger partial charge in [0.15, 0.2) is 0 Å². The first-order chi connectivity index (χ1) is 22.6. The fraction of sp³-hybridized carbons (Fsp3) is 0.500. The number of fused-ring (bicyclic) bond motifs is 4. The second-order valence-corrected chi connectivity index (χ2v) is 16.0. The lowest BCUT2D eigenvalue weighted by atomic mass is 9.68. The molecule has 1 amide bonds. The number of nitrogens with one attached hydrogen (secondary N) is 1. The van der Waals surface area contributed by atoms with Crippen molar-refractivity contribution in [1.82, 2.24) is 9.88 Å². The highest BCUT2D eigenvalue weighted by Gasteiger charge is 2.44. The van der Waals surface area contributed by atoms with Crippen molar-refractivity contribution in [2.75, 3.05) is 30.3 Å². The monoisotopic (exact) mass is 679 g/mol. The molecule has 2 aliphatic carbocycles. The Morgan fingerprint density at radius 1 is 1.15 bits per heavy atom. The highest BCUT2D eigenvalue weighted by Crippen LogP contribution is 2.47. The van der Waals surface area contributed by atoms with E-state index in [0.29, 0.717) is 49.8 Å². The van der Waals surface area contributed by atoms with Gasteiger partial charge in [-0.2, -0.15) is 0 Å². The highest BCUT2D eigenvalue weighted by atomic mass is 35.5. The molecular formula is C36H42ClN3O6S. The Bertz CT molecular complexity index is 1790. The van der Waals surface area contributed by atoms with Crippen LogP contribution in [0.3, 0.4) is 0 Å². The molecule has 2 aromatic carbocycles. The third-order valence-electron chi connectivity index (χ3n) is 10.6. The van der Waals surface area contributed by atoms with Gasteiger partial charge in [-0.25, -0.2) is 13.1 Å². The summed E-state index contributed by atoms with van der Waals surface area (Å²) in [5, 5.41) is 4.84. The van der Waals surface area contributed by atoms with E-state index in [1.54, 1.807) is 12.1 Å². The second-order valence-electron chi connectivity index (χ2n) is 13.7. The number of benzene rings is 2. The number of amides is 1. The van der Waals surface area contributed by atoms with Crippen LogP contribution in [0.2, 0.25) is 5.02 Å². The molecule has 11 heteroatoms. The van der Waals surface area contributed by atoms with Crippen molar-refractivity contribution in [2.24, 2.45) is 11.8 Å². The first kappa shape index (κ1) is 32.2. The zero-order valence-electron chi connectivity index (χ0n) is 27.0. The smallest absolute Gasteiger partial charge is 0.264 e. The third kappa shape index (κ3) is 6.56. The number of allylic oxidation sites excluding steroid dienone is 1. The second kappa shape index (κ2) is 12.9. The number of aryl methyl sites for hydroxylation is 3. The van der Waals surface area contributed by atoms with Crippen LogP contribution >= 0.6 is 11.6 Å². The molecule has 4 aliphatic rings. The molecule has 2 aliphatic heterocycles. The minimum atomic E-state index is -3.82. The summed E-state index contributed by atoms with van der Waals surface area (Å²) in [6.07, 6.45) is 10.0. The Morgan fingerprint density at radius 2 is 2.02 bits per heavy atom. The van der Waals surface area contributed by atoms with Gasteiger partial charge in [-0.3, -0.25) is 4.79 Å². The number of carbonyl (C=O) groups is 1. The number of hydrogen-bond donors (Lipinski definition) is 1. The van der Waals surface area contributed by atoms with Gasteiger partial charge in [0.2, 0.25) is 10.0 Å². The van der Waals surface area contributed by atoms with Crippen molar-refractivity contribution < 1.29 is 27.2 Å². The summed E-state index contributed by atoms with van der Waals surface area (Å²) in [6, 6.07) is 11.5. The lowest BCUT2D eigenvalue weighted by Gasteiger charge is -2.46. The zero-order chi connectivity index (χ0) is 32.8. The Hall–Kier alpha value is -3.34. The van der Waals surface area contributed by atoms with Gasteiger partial charge in [0, 0.05) is 34.7 Å². The minimum Gasteiger partial charge on any atom is -0.490 e. The lowest BCUT2D eigenvalue weighted by Crippen LogP contribution is -2.49. The van der Waals surface area contributed by atoms with Gasteiger partial charge in [-0.05, 0) is 112 Å². The fourth-order valence-electron chi connectivity index (χ4n) is 7.87. The summed E-state index contributed by atoms with van der Waals surface area (Å²) >= 11 is 6.44. The number of aromatic nitrogens is 1. The SMILES string of the molecule is Cc1noc(C)c1CO[C@@H]1/C=C/CCCS(=O)(=O)NC(=O)c2ccc3c(c2)N(C[C@@H]2CCC21)CC1(CCCc2cc(Cl)ccc21)CO3. The lowest BCUT2D eigenvalue weighted by molar-refractivity contribution is -0.0231. The van der Waals surface area contributed by atoms with Gasteiger partial charge < -0.3 is 18.9 Å². The highest BCUT2D eigenvalue weighted by molar-refractivity contribution is 7.90. The molecule has 7 rings (SSSR count). The van der Waals surface area contributed by atoms with E-state index in [9.17, 15) is 13.2 Å². The summed E-state index contributed by atoms with van der Waals surface area (Å²) in [6.45, 7) is 6.20. The van der Waals surface area contributed by atoms with E-state index < -0.39 is 15.9 Å². The van der Waals surface area contributed by atoms with Gasteiger partial charge in [-0.15, -0.1) is 0 Å². The molecule has 1 N–H and O–H groups in total. The number of rotatable bonds is 3. The zero-order valence-corrected chi connectivity index (χ0v) is 28.5. The van der Waals surface area contributed by atoms with Crippen LogP contribution < -0.4 is 14.4 Å². The summed E-state index contributed by atoms with van der Waals surface area (Å²) < 4.78 is 46.7. The van der Waals surface area contributed by atoms with E-state index in [-0.39, 0.29) is 23.2 Å². The molecule has 4 atom stereocenters. The average Bonchev–Trinajstić information content (AvgIpc) is 3.26. The summed E-state index contributed by atoms with van der Waals surface area (Å²) in [7, 11) is -3.82. The molecule has 0 radical (unpaired) electrons. The summed E-state index contributed by atoms with van der Waals surface area (Å²) in [5.41, 5.74) is 5.17. The minimum absolute atomic E-state index is 0.146. The predicted octanol–water partition coefficient (Wildman–Crippen LogP) is 6.44. The Kier molecular flexibility index (Phi) is 8.87. The van der Waals surface area contributed by atoms with Crippen LogP contribution in [0.15, 0.2) is 53.1 Å². The molecule has 1 spiro atoms. The number of anilines is 1. The van der Waals surface area contributed by atoms with Crippen LogP contribution in [-0.4, -0.2) is 51.0 Å². The Morgan fingerprint density at radius 3 is 2.81 bits per heavy atom. The van der Waals surface area contributed by atoms with Gasteiger partial charge >= 0.3 is 0 Å². The Labute approximate surface area is 281 Å². The van der Waals surface area contributed by atoms with E-state index in [2.05, 4.69) is 33.0 Å². The topological polar surface area (TPSA) is 111 Å². The molecule has 2 bridgehead atoms. The normalized spacial score (nSPS) is 27.9. The summed E-state index contributed by atoms with van der Waals surface area (Å²) in [5.74, 6) is 1.30. The first-order valence-electron chi connectivity index (χ1n) is 16.7. The maximum atomic E-state index is 13.3. The number of nitrogens with zero attached hydrogens (tertiary/aromatic N) is 2. The van der Waals surface area contributed by atoms with Crippen molar-refractivity contribution in [3.05, 3.63) is 87.3 Å². The van der Waals surface area contributed by atoms with Crippen molar-refractivity contribution in [3.63, 3.8) is 0 Å². The van der Waals surface area contributed by atoms with Crippen LogP contribution in [-0.2, 0) is 33.2 Å². The molecule has 1 saturated carbocycles. The van der Waals surface area contributed by atoms with Gasteiger partial charge in [0.25, 0.3) is 5.91 Å². The molecular weight excluding hydrogens is 638 g/mol. The first-order valence-corrected chi connectivity index (χ1v) is 18.7. The van der Waals surface area contributed by atoms with Crippen molar-refractivity contribution in [3.8, 4) is 5.75 Å². The molecule has 1 aromatic heterocycles. The van der Waals surface area contributed by atoms with Crippen LogP contribution in [0.1, 0.15) is 77.0 Å². The maximum Gasteiger partial charge on any atom is 0.264 e. The maximum absolute atomic E-state index is 13.3. The number of hydrogen-bond acceptors (Lipinski definition) is 8. The molecule has 0 saturated heterocycles. The number of sulfonamides is 1. The van der Waals surface area contributed by atoms with Crippen LogP contribution in [0.4, 0.5) is 5.69 Å². The average molecular weight is 680 g/mol. The van der Waals surface area contributed by atoms with E-state index in [1.807, 2.05) is 32.1 Å². The quantitative estimate of drug-likeness (QED) is 0.315. The molecule has 250 valence electrons. The molecule has 1 fully saturated rings. The Balaban J connectivity index is 1.26. The van der Waals surface area contributed by atoms with E-state index in [1.165, 1.54) is 11.1 Å². The van der Waals surface area contributed by atoms with Crippen LogP contribution in [0.5, 0.6) is 5.75 Å².